The summed E-state index contributed by atoms with van der Waals surface area (Å²) in [5, 5.41) is 0. The summed E-state index contributed by atoms with van der Waals surface area (Å²) in [6.07, 6.45) is 7.72. The van der Waals surface area contributed by atoms with Crippen molar-refractivity contribution in [2.75, 3.05) is 5.43 Å². The first kappa shape index (κ1) is 14.3. The van der Waals surface area contributed by atoms with Crippen molar-refractivity contribution < 1.29 is 0 Å². The number of rotatable bonds is 3. The van der Waals surface area contributed by atoms with E-state index in [0.29, 0.717) is 11.8 Å². The van der Waals surface area contributed by atoms with E-state index in [-0.39, 0.29) is 0 Å². The molecule has 1 saturated carbocycles. The van der Waals surface area contributed by atoms with Crippen molar-refractivity contribution in [3.63, 3.8) is 0 Å². The van der Waals surface area contributed by atoms with Crippen LogP contribution in [0.15, 0.2) is 0 Å². The van der Waals surface area contributed by atoms with Gasteiger partial charge in [0.1, 0.15) is 11.6 Å². The SMILES string of the molecule is Cc1nc(C2CCCCCC2)nc(NN)c1C(C)C. The van der Waals surface area contributed by atoms with Gasteiger partial charge in [-0.25, -0.2) is 15.8 Å². The van der Waals surface area contributed by atoms with Gasteiger partial charge in [0, 0.05) is 17.2 Å². The van der Waals surface area contributed by atoms with Crippen LogP contribution in [-0.4, -0.2) is 9.97 Å². The molecule has 19 heavy (non-hydrogen) atoms. The van der Waals surface area contributed by atoms with Crippen LogP contribution in [0, 0.1) is 6.92 Å². The third kappa shape index (κ3) is 3.24. The molecule has 0 amide bonds. The van der Waals surface area contributed by atoms with Gasteiger partial charge in [0.05, 0.1) is 0 Å². The highest BCUT2D eigenvalue weighted by Gasteiger charge is 2.21. The molecule has 1 heterocycles. The van der Waals surface area contributed by atoms with E-state index in [0.717, 1.165) is 22.9 Å². The zero-order chi connectivity index (χ0) is 13.8. The molecular formula is C15H26N4. The summed E-state index contributed by atoms with van der Waals surface area (Å²) in [4.78, 5) is 9.45. The minimum absolute atomic E-state index is 0.384. The van der Waals surface area contributed by atoms with Crippen LogP contribution >= 0.6 is 0 Å². The van der Waals surface area contributed by atoms with Crippen molar-refractivity contribution in [1.29, 1.82) is 0 Å². The Bertz CT molecular complexity index is 420. The van der Waals surface area contributed by atoms with Gasteiger partial charge in [0.2, 0.25) is 0 Å². The minimum Gasteiger partial charge on any atom is -0.308 e. The van der Waals surface area contributed by atoms with E-state index in [1.165, 1.54) is 38.5 Å². The third-order valence-corrected chi connectivity index (χ3v) is 4.09. The van der Waals surface area contributed by atoms with Crippen LogP contribution in [0.5, 0.6) is 0 Å². The molecule has 0 radical (unpaired) electrons. The molecule has 4 nitrogen and oxygen atoms in total. The summed E-state index contributed by atoms with van der Waals surface area (Å²) in [6, 6.07) is 0. The molecule has 3 N–H and O–H groups in total. The lowest BCUT2D eigenvalue weighted by Gasteiger charge is -2.19. The number of aryl methyl sites for hydroxylation is 1. The van der Waals surface area contributed by atoms with Gasteiger partial charge in [-0.15, -0.1) is 0 Å². The molecule has 0 aliphatic heterocycles. The second-order valence-electron chi connectivity index (χ2n) is 5.92. The first-order valence-electron chi connectivity index (χ1n) is 7.48. The molecule has 0 spiro atoms. The number of nitrogens with zero attached hydrogens (tertiary/aromatic N) is 2. The number of nitrogen functional groups attached to an aromatic ring is 1. The Kier molecular flexibility index (Phi) is 4.75. The lowest BCUT2D eigenvalue weighted by atomic mass is 9.97. The van der Waals surface area contributed by atoms with Crippen molar-refractivity contribution in [3.8, 4) is 0 Å². The zero-order valence-corrected chi connectivity index (χ0v) is 12.4. The highest BCUT2D eigenvalue weighted by molar-refractivity contribution is 5.47. The number of hydrogen-bond acceptors (Lipinski definition) is 4. The second kappa shape index (κ2) is 6.33. The molecule has 0 unspecified atom stereocenters. The van der Waals surface area contributed by atoms with Gasteiger partial charge in [-0.1, -0.05) is 39.5 Å². The Morgan fingerprint density at radius 2 is 1.74 bits per heavy atom. The van der Waals surface area contributed by atoms with Gasteiger partial charge in [0.25, 0.3) is 0 Å². The first-order valence-corrected chi connectivity index (χ1v) is 7.48. The normalized spacial score (nSPS) is 17.5. The van der Waals surface area contributed by atoms with Crippen molar-refractivity contribution in [2.45, 2.75) is 71.1 Å². The third-order valence-electron chi connectivity index (χ3n) is 4.09. The number of nitrogens with two attached hydrogens (primary N) is 1. The van der Waals surface area contributed by atoms with Gasteiger partial charge in [-0.05, 0) is 25.7 Å². The summed E-state index contributed by atoms with van der Waals surface area (Å²) in [5.74, 6) is 8.33. The molecule has 1 aromatic heterocycles. The molecule has 0 saturated heterocycles. The number of aromatic nitrogens is 2. The highest BCUT2D eigenvalue weighted by Crippen LogP contribution is 2.32. The zero-order valence-electron chi connectivity index (χ0n) is 12.4. The van der Waals surface area contributed by atoms with E-state index in [4.69, 9.17) is 15.8 Å². The maximum Gasteiger partial charge on any atom is 0.147 e. The molecule has 0 atom stereocenters. The van der Waals surface area contributed by atoms with Gasteiger partial charge in [-0.2, -0.15) is 0 Å². The van der Waals surface area contributed by atoms with Crippen LogP contribution in [0.3, 0.4) is 0 Å². The van der Waals surface area contributed by atoms with Gasteiger partial charge < -0.3 is 5.43 Å². The second-order valence-corrected chi connectivity index (χ2v) is 5.92. The average molecular weight is 262 g/mol. The molecule has 1 aliphatic carbocycles. The Morgan fingerprint density at radius 3 is 2.26 bits per heavy atom. The molecule has 4 heteroatoms. The maximum atomic E-state index is 5.65. The Hall–Kier alpha value is -1.16. The number of hydrogen-bond donors (Lipinski definition) is 2. The molecule has 1 aromatic rings. The lowest BCUT2D eigenvalue weighted by molar-refractivity contribution is 0.557. The Balaban J connectivity index is 2.33. The van der Waals surface area contributed by atoms with Crippen LogP contribution in [0.25, 0.3) is 0 Å². The molecule has 0 aromatic carbocycles. The summed E-state index contributed by atoms with van der Waals surface area (Å²) in [6.45, 7) is 6.37. The number of nitrogens with one attached hydrogen (secondary N) is 1. The highest BCUT2D eigenvalue weighted by atomic mass is 15.3. The Morgan fingerprint density at radius 1 is 1.11 bits per heavy atom. The minimum atomic E-state index is 0.384. The largest absolute Gasteiger partial charge is 0.308 e. The molecule has 106 valence electrons. The van der Waals surface area contributed by atoms with Crippen molar-refractivity contribution in [2.24, 2.45) is 5.84 Å². The van der Waals surface area contributed by atoms with E-state index in [9.17, 15) is 0 Å². The van der Waals surface area contributed by atoms with Crippen LogP contribution in [0.4, 0.5) is 5.82 Å². The quantitative estimate of drug-likeness (QED) is 0.496. The van der Waals surface area contributed by atoms with Crippen molar-refractivity contribution in [3.05, 3.63) is 17.1 Å². The summed E-state index contributed by atoms with van der Waals surface area (Å²) in [5.41, 5.74) is 4.97. The molecular weight excluding hydrogens is 236 g/mol. The van der Waals surface area contributed by atoms with E-state index in [1.54, 1.807) is 0 Å². The van der Waals surface area contributed by atoms with E-state index in [2.05, 4.69) is 26.2 Å². The average Bonchev–Trinajstić information content (AvgIpc) is 2.65. The lowest BCUT2D eigenvalue weighted by Crippen LogP contribution is -2.17. The van der Waals surface area contributed by atoms with Gasteiger partial charge in [0.15, 0.2) is 0 Å². The van der Waals surface area contributed by atoms with Crippen LogP contribution in [0.1, 0.15) is 81.3 Å². The molecule has 0 bridgehead atoms. The van der Waals surface area contributed by atoms with Crippen LogP contribution < -0.4 is 11.3 Å². The fourth-order valence-electron chi connectivity index (χ4n) is 3.12. The van der Waals surface area contributed by atoms with Crippen molar-refractivity contribution in [1.82, 2.24) is 9.97 Å². The summed E-state index contributed by atoms with van der Waals surface area (Å²) in [7, 11) is 0. The fraction of sp³-hybridized carbons (Fsp3) is 0.733. The number of anilines is 1. The fourth-order valence-corrected chi connectivity index (χ4v) is 3.12. The van der Waals surface area contributed by atoms with Crippen molar-refractivity contribution >= 4 is 5.82 Å². The van der Waals surface area contributed by atoms with Crippen LogP contribution in [-0.2, 0) is 0 Å². The predicted molar refractivity (Wildman–Crippen MR) is 79.1 cm³/mol. The number of hydrazine groups is 1. The maximum absolute atomic E-state index is 5.65. The summed E-state index contributed by atoms with van der Waals surface area (Å²) >= 11 is 0. The molecule has 2 rings (SSSR count). The van der Waals surface area contributed by atoms with E-state index >= 15 is 0 Å². The smallest absolute Gasteiger partial charge is 0.147 e. The standard InChI is InChI=1S/C15H26N4/c1-10(2)13-11(3)17-14(18-15(13)19-16)12-8-6-4-5-7-9-12/h10,12H,4-9,16H2,1-3H3,(H,17,18,19). The van der Waals surface area contributed by atoms with E-state index < -0.39 is 0 Å². The first-order chi connectivity index (χ1) is 9.13. The topological polar surface area (TPSA) is 63.8 Å². The molecule has 1 fully saturated rings. The molecule has 1 aliphatic rings. The summed E-state index contributed by atoms with van der Waals surface area (Å²) < 4.78 is 0. The predicted octanol–water partition coefficient (Wildman–Crippen LogP) is 3.63. The monoisotopic (exact) mass is 262 g/mol. The van der Waals surface area contributed by atoms with Gasteiger partial charge in [-0.3, -0.25) is 0 Å². The van der Waals surface area contributed by atoms with Crippen LogP contribution in [0.2, 0.25) is 0 Å². The Labute approximate surface area is 116 Å². The van der Waals surface area contributed by atoms with E-state index in [1.807, 2.05) is 0 Å². The van der Waals surface area contributed by atoms with Gasteiger partial charge >= 0.3 is 0 Å².